The Morgan fingerprint density at radius 2 is 2.19 bits per heavy atom. The maximum atomic E-state index is 13.0. The summed E-state index contributed by atoms with van der Waals surface area (Å²) in [7, 11) is 0. The van der Waals surface area contributed by atoms with E-state index in [1.165, 1.54) is 0 Å². The summed E-state index contributed by atoms with van der Waals surface area (Å²) in [5.74, 6) is 0. The number of hydrogen-bond acceptors (Lipinski definition) is 5. The van der Waals surface area contributed by atoms with Crippen molar-refractivity contribution in [2.24, 2.45) is 0 Å². The molecule has 0 saturated carbocycles. The molecule has 7 heteroatoms. The van der Waals surface area contributed by atoms with Crippen molar-refractivity contribution < 1.29 is 9.53 Å². The molecule has 27 heavy (non-hydrogen) atoms. The first kappa shape index (κ1) is 17.9. The first-order valence-electron chi connectivity index (χ1n) is 9.11. The minimum atomic E-state index is -0.131. The number of nitrogens with zero attached hydrogens (tertiary/aromatic N) is 3. The van der Waals surface area contributed by atoms with Crippen LogP contribution in [-0.2, 0) is 11.3 Å². The Bertz CT molecular complexity index is 922. The van der Waals surface area contributed by atoms with Gasteiger partial charge < -0.3 is 15.0 Å². The molecule has 1 aliphatic heterocycles. The summed E-state index contributed by atoms with van der Waals surface area (Å²) in [5, 5.41) is 4.04. The highest BCUT2D eigenvalue weighted by atomic mass is 32.1. The zero-order valence-electron chi connectivity index (χ0n) is 15.2. The van der Waals surface area contributed by atoms with Crippen LogP contribution in [0.4, 0.5) is 10.5 Å². The van der Waals surface area contributed by atoms with Gasteiger partial charge in [-0.05, 0) is 55.7 Å². The Morgan fingerprint density at radius 1 is 1.33 bits per heavy atom. The van der Waals surface area contributed by atoms with Crippen molar-refractivity contribution in [2.45, 2.75) is 32.4 Å². The number of thiazole rings is 1. The van der Waals surface area contributed by atoms with E-state index in [1.807, 2.05) is 42.2 Å². The lowest BCUT2D eigenvalue weighted by molar-refractivity contribution is 0.0819. The molecule has 1 aliphatic rings. The second-order valence-corrected chi connectivity index (χ2v) is 7.95. The zero-order valence-corrected chi connectivity index (χ0v) is 16.0. The third-order valence-corrected chi connectivity index (χ3v) is 5.56. The van der Waals surface area contributed by atoms with E-state index in [1.54, 1.807) is 23.7 Å². The van der Waals surface area contributed by atoms with Crippen LogP contribution >= 0.6 is 11.3 Å². The van der Waals surface area contributed by atoms with E-state index in [2.05, 4.69) is 15.3 Å². The summed E-state index contributed by atoms with van der Waals surface area (Å²) >= 11 is 1.65. The molecule has 140 valence electrons. The van der Waals surface area contributed by atoms with Gasteiger partial charge in [-0.15, -0.1) is 11.3 Å². The van der Waals surface area contributed by atoms with Gasteiger partial charge in [0.25, 0.3) is 0 Å². The summed E-state index contributed by atoms with van der Waals surface area (Å²) in [5.41, 5.74) is 2.71. The molecule has 3 heterocycles. The van der Waals surface area contributed by atoms with Crippen molar-refractivity contribution in [3.63, 3.8) is 0 Å². The number of rotatable bonds is 5. The van der Waals surface area contributed by atoms with Crippen LogP contribution in [0.2, 0.25) is 0 Å². The lowest BCUT2D eigenvalue weighted by Gasteiger charge is -2.26. The number of nitrogens with one attached hydrogen (secondary N) is 1. The number of ether oxygens (including phenoxy) is 1. The fourth-order valence-electron chi connectivity index (χ4n) is 3.28. The van der Waals surface area contributed by atoms with Crippen molar-refractivity contribution in [1.82, 2.24) is 14.9 Å². The van der Waals surface area contributed by atoms with Crippen LogP contribution in [0.25, 0.3) is 10.2 Å². The SMILES string of the molecule is Cc1nc2cc(NC(=O)N(Cc3ccncc3)C[C@@H]3CCCO3)ccc2s1. The van der Waals surface area contributed by atoms with Crippen LogP contribution in [-0.4, -0.2) is 40.2 Å². The molecule has 1 atom stereocenters. The van der Waals surface area contributed by atoms with Crippen molar-refractivity contribution in [3.05, 3.63) is 53.3 Å². The standard InChI is InChI=1S/C20H22N4O2S/c1-14-22-18-11-16(4-5-19(18)27-14)23-20(25)24(13-17-3-2-10-26-17)12-15-6-8-21-9-7-15/h4-9,11,17H,2-3,10,12-13H2,1H3,(H,23,25)/t17-/m0/s1. The van der Waals surface area contributed by atoms with Crippen LogP contribution < -0.4 is 5.32 Å². The lowest BCUT2D eigenvalue weighted by Crippen LogP contribution is -2.39. The largest absolute Gasteiger partial charge is 0.376 e. The minimum absolute atomic E-state index is 0.0984. The van der Waals surface area contributed by atoms with Gasteiger partial charge in [0, 0.05) is 37.8 Å². The summed E-state index contributed by atoms with van der Waals surface area (Å²) in [4.78, 5) is 23.3. The second kappa shape index (κ2) is 8.02. The first-order valence-corrected chi connectivity index (χ1v) is 9.93. The Balaban J connectivity index is 1.50. The van der Waals surface area contributed by atoms with Crippen LogP contribution in [0.15, 0.2) is 42.7 Å². The lowest BCUT2D eigenvalue weighted by atomic mass is 10.2. The molecule has 1 fully saturated rings. The van der Waals surface area contributed by atoms with Gasteiger partial charge in [-0.3, -0.25) is 4.98 Å². The van der Waals surface area contributed by atoms with Gasteiger partial charge in [-0.25, -0.2) is 9.78 Å². The number of aryl methyl sites for hydroxylation is 1. The molecule has 6 nitrogen and oxygen atoms in total. The molecule has 0 radical (unpaired) electrons. The van der Waals surface area contributed by atoms with Gasteiger partial charge >= 0.3 is 6.03 Å². The maximum Gasteiger partial charge on any atom is 0.322 e. The molecular weight excluding hydrogens is 360 g/mol. The van der Waals surface area contributed by atoms with E-state index in [0.717, 1.165) is 45.9 Å². The predicted octanol–water partition coefficient (Wildman–Crippen LogP) is 4.21. The third kappa shape index (κ3) is 4.43. The second-order valence-electron chi connectivity index (χ2n) is 6.72. The number of aromatic nitrogens is 2. The molecule has 0 unspecified atom stereocenters. The van der Waals surface area contributed by atoms with Crippen molar-refractivity contribution in [2.75, 3.05) is 18.5 Å². The maximum absolute atomic E-state index is 13.0. The van der Waals surface area contributed by atoms with E-state index < -0.39 is 0 Å². The van der Waals surface area contributed by atoms with Gasteiger partial charge in [-0.2, -0.15) is 0 Å². The normalized spacial score (nSPS) is 16.6. The fourth-order valence-corrected chi connectivity index (χ4v) is 4.09. The molecule has 2 amide bonds. The smallest absolute Gasteiger partial charge is 0.322 e. The quantitative estimate of drug-likeness (QED) is 0.718. The molecule has 1 aromatic carbocycles. The minimum Gasteiger partial charge on any atom is -0.376 e. The van der Waals surface area contributed by atoms with Crippen molar-refractivity contribution in [1.29, 1.82) is 0 Å². The van der Waals surface area contributed by atoms with E-state index in [-0.39, 0.29) is 12.1 Å². The van der Waals surface area contributed by atoms with Crippen molar-refractivity contribution in [3.8, 4) is 0 Å². The Labute approximate surface area is 162 Å². The Morgan fingerprint density at radius 3 is 2.96 bits per heavy atom. The molecule has 2 aromatic heterocycles. The van der Waals surface area contributed by atoms with Gasteiger partial charge in [0.05, 0.1) is 21.3 Å². The Kier molecular flexibility index (Phi) is 5.31. The summed E-state index contributed by atoms with van der Waals surface area (Å²) in [6.07, 6.45) is 5.63. The number of urea groups is 1. The van der Waals surface area contributed by atoms with Gasteiger partial charge in [0.2, 0.25) is 0 Å². The molecular formula is C20H22N4O2S. The van der Waals surface area contributed by atoms with Gasteiger partial charge in [0.1, 0.15) is 0 Å². The average molecular weight is 382 g/mol. The van der Waals surface area contributed by atoms with E-state index >= 15 is 0 Å². The van der Waals surface area contributed by atoms with Gasteiger partial charge in [-0.1, -0.05) is 0 Å². The number of carbonyl (C=O) groups is 1. The summed E-state index contributed by atoms with van der Waals surface area (Å²) < 4.78 is 6.86. The van der Waals surface area contributed by atoms with E-state index in [4.69, 9.17) is 4.74 Å². The molecule has 0 aliphatic carbocycles. The molecule has 3 aromatic rings. The highest BCUT2D eigenvalue weighted by Crippen LogP contribution is 2.25. The highest BCUT2D eigenvalue weighted by Gasteiger charge is 2.23. The van der Waals surface area contributed by atoms with Crippen LogP contribution in [0.1, 0.15) is 23.4 Å². The predicted molar refractivity (Wildman–Crippen MR) is 107 cm³/mol. The van der Waals surface area contributed by atoms with E-state index in [9.17, 15) is 4.79 Å². The molecule has 4 rings (SSSR count). The monoisotopic (exact) mass is 382 g/mol. The van der Waals surface area contributed by atoms with E-state index in [0.29, 0.717) is 13.1 Å². The number of hydrogen-bond donors (Lipinski definition) is 1. The zero-order chi connectivity index (χ0) is 18.6. The number of amides is 2. The third-order valence-electron chi connectivity index (χ3n) is 4.60. The Hall–Kier alpha value is -2.51. The van der Waals surface area contributed by atoms with Crippen LogP contribution in [0, 0.1) is 6.92 Å². The van der Waals surface area contributed by atoms with Gasteiger partial charge in [0.15, 0.2) is 0 Å². The first-order chi connectivity index (χ1) is 13.2. The number of fused-ring (bicyclic) bond motifs is 1. The van der Waals surface area contributed by atoms with Crippen molar-refractivity contribution >= 4 is 33.3 Å². The number of benzene rings is 1. The topological polar surface area (TPSA) is 67.4 Å². The van der Waals surface area contributed by atoms with Crippen LogP contribution in [0.3, 0.4) is 0 Å². The molecule has 1 N–H and O–H groups in total. The van der Waals surface area contributed by atoms with Crippen LogP contribution in [0.5, 0.6) is 0 Å². The molecule has 0 spiro atoms. The highest BCUT2D eigenvalue weighted by molar-refractivity contribution is 7.18. The fraction of sp³-hybridized carbons (Fsp3) is 0.350. The molecule has 1 saturated heterocycles. The number of pyridine rings is 1. The summed E-state index contributed by atoms with van der Waals surface area (Å²) in [6, 6.07) is 9.58. The number of carbonyl (C=O) groups excluding carboxylic acids is 1. The molecule has 0 bridgehead atoms. The summed E-state index contributed by atoms with van der Waals surface area (Å²) in [6.45, 7) is 3.86. The number of anilines is 1. The average Bonchev–Trinajstić information content (AvgIpc) is 3.30.